The van der Waals surface area contributed by atoms with E-state index in [1.807, 2.05) is 0 Å². The van der Waals surface area contributed by atoms with Gasteiger partial charge < -0.3 is 15.3 Å². The third-order valence-electron chi connectivity index (χ3n) is 2.46. The molecule has 0 radical (unpaired) electrons. The highest BCUT2D eigenvalue weighted by Gasteiger charge is 2.19. The van der Waals surface area contributed by atoms with Crippen LogP contribution in [0.5, 0.6) is 11.5 Å². The van der Waals surface area contributed by atoms with Crippen molar-refractivity contribution in [2.75, 3.05) is 0 Å². The first-order valence-electron chi connectivity index (χ1n) is 4.90. The number of phenolic OH excluding ortho intramolecular Hbond substituents is 2. The number of nitrogens with zero attached hydrogens (tertiary/aromatic N) is 2. The van der Waals surface area contributed by atoms with Gasteiger partial charge in [0, 0.05) is 7.05 Å². The number of hydrogen-bond donors (Lipinski definition) is 3. The van der Waals surface area contributed by atoms with Gasteiger partial charge in [-0.2, -0.15) is 5.10 Å². The second-order valence-corrected chi connectivity index (χ2v) is 4.04. The summed E-state index contributed by atoms with van der Waals surface area (Å²) in [7, 11) is 1.52. The number of halogens is 1. The Bertz CT molecular complexity index is 636. The van der Waals surface area contributed by atoms with Gasteiger partial charge in [-0.25, -0.2) is 4.79 Å². The maximum Gasteiger partial charge on any atom is 0.356 e. The van der Waals surface area contributed by atoms with Crippen LogP contribution in [0.4, 0.5) is 0 Å². The number of rotatable bonds is 2. The Morgan fingerprint density at radius 2 is 2.06 bits per heavy atom. The number of aromatic carboxylic acids is 1. The van der Waals surface area contributed by atoms with Gasteiger partial charge in [0.25, 0.3) is 0 Å². The molecule has 0 spiro atoms. The van der Waals surface area contributed by atoms with E-state index in [1.165, 1.54) is 29.9 Å². The minimum absolute atomic E-state index is 0.138. The number of carboxylic acid groups (broad SMARTS) is 1. The standard InChI is InChI=1S/C11H9ClN2O4/c1-14-7(4-6(13-14)11(17)18)9-5(12)2-3-8(15)10(9)16/h2-4,15-16H,1H3,(H,17,18). The van der Waals surface area contributed by atoms with Crippen molar-refractivity contribution in [1.82, 2.24) is 9.78 Å². The molecular formula is C11H9ClN2O4. The lowest BCUT2D eigenvalue weighted by Crippen LogP contribution is -1.99. The van der Waals surface area contributed by atoms with Crippen LogP contribution >= 0.6 is 11.6 Å². The SMILES string of the molecule is Cn1nc(C(=O)O)cc1-c1c(Cl)ccc(O)c1O. The van der Waals surface area contributed by atoms with Crippen LogP contribution in [0.3, 0.4) is 0 Å². The Kier molecular flexibility index (Phi) is 2.88. The molecule has 1 heterocycles. The summed E-state index contributed by atoms with van der Waals surface area (Å²) in [4.78, 5) is 10.8. The second-order valence-electron chi connectivity index (χ2n) is 3.63. The number of aryl methyl sites for hydroxylation is 1. The summed E-state index contributed by atoms with van der Waals surface area (Å²) in [5.74, 6) is -1.94. The molecule has 2 rings (SSSR count). The van der Waals surface area contributed by atoms with Gasteiger partial charge >= 0.3 is 5.97 Å². The van der Waals surface area contributed by atoms with E-state index in [-0.39, 0.29) is 22.0 Å². The number of aromatic nitrogens is 2. The Balaban J connectivity index is 2.69. The molecule has 0 aliphatic heterocycles. The molecule has 94 valence electrons. The molecule has 0 fully saturated rings. The minimum atomic E-state index is -1.19. The van der Waals surface area contributed by atoms with Crippen molar-refractivity contribution in [3.63, 3.8) is 0 Å². The van der Waals surface area contributed by atoms with Crippen LogP contribution in [-0.2, 0) is 7.05 Å². The average Bonchev–Trinajstić information content (AvgIpc) is 2.67. The van der Waals surface area contributed by atoms with Gasteiger partial charge in [-0.15, -0.1) is 0 Å². The summed E-state index contributed by atoms with van der Waals surface area (Å²) in [5.41, 5.74) is 0.260. The lowest BCUT2D eigenvalue weighted by atomic mass is 10.1. The van der Waals surface area contributed by atoms with E-state index in [0.717, 1.165) is 0 Å². The third-order valence-corrected chi connectivity index (χ3v) is 2.78. The van der Waals surface area contributed by atoms with E-state index < -0.39 is 11.7 Å². The molecule has 0 saturated heterocycles. The van der Waals surface area contributed by atoms with Gasteiger partial charge in [-0.05, 0) is 18.2 Å². The zero-order chi connectivity index (χ0) is 13.4. The van der Waals surface area contributed by atoms with Crippen LogP contribution in [-0.4, -0.2) is 31.1 Å². The van der Waals surface area contributed by atoms with E-state index in [0.29, 0.717) is 5.69 Å². The minimum Gasteiger partial charge on any atom is -0.504 e. The summed E-state index contributed by atoms with van der Waals surface area (Å²) >= 11 is 5.94. The lowest BCUT2D eigenvalue weighted by Gasteiger charge is -2.08. The largest absolute Gasteiger partial charge is 0.504 e. The molecule has 1 aromatic carbocycles. The molecule has 1 aromatic heterocycles. The van der Waals surface area contributed by atoms with Gasteiger partial charge in [0.15, 0.2) is 17.2 Å². The Morgan fingerprint density at radius 1 is 1.39 bits per heavy atom. The molecule has 0 saturated carbocycles. The van der Waals surface area contributed by atoms with Crippen LogP contribution in [0.15, 0.2) is 18.2 Å². The molecule has 18 heavy (non-hydrogen) atoms. The van der Waals surface area contributed by atoms with Crippen LogP contribution in [0.1, 0.15) is 10.5 Å². The summed E-state index contributed by atoms with van der Waals surface area (Å²) in [6, 6.07) is 3.91. The summed E-state index contributed by atoms with van der Waals surface area (Å²) in [6.07, 6.45) is 0. The number of aromatic hydroxyl groups is 2. The fraction of sp³-hybridized carbons (Fsp3) is 0.0909. The van der Waals surface area contributed by atoms with Crippen molar-refractivity contribution in [2.45, 2.75) is 0 Å². The molecule has 3 N–H and O–H groups in total. The van der Waals surface area contributed by atoms with Crippen molar-refractivity contribution in [2.24, 2.45) is 7.05 Å². The molecule has 7 heteroatoms. The number of benzene rings is 1. The second kappa shape index (κ2) is 4.23. The fourth-order valence-corrected chi connectivity index (χ4v) is 1.85. The number of carboxylic acids is 1. The van der Waals surface area contributed by atoms with E-state index >= 15 is 0 Å². The first-order chi connectivity index (χ1) is 8.41. The molecule has 0 atom stereocenters. The number of carbonyl (C=O) groups is 1. The van der Waals surface area contributed by atoms with E-state index in [2.05, 4.69) is 5.10 Å². The average molecular weight is 269 g/mol. The van der Waals surface area contributed by atoms with Gasteiger partial charge in [0.1, 0.15) is 0 Å². The van der Waals surface area contributed by atoms with Gasteiger partial charge in [0.2, 0.25) is 0 Å². The smallest absolute Gasteiger partial charge is 0.356 e. The predicted molar refractivity (Wildman–Crippen MR) is 63.9 cm³/mol. The van der Waals surface area contributed by atoms with Gasteiger partial charge in [-0.1, -0.05) is 11.6 Å². The monoisotopic (exact) mass is 268 g/mol. The van der Waals surface area contributed by atoms with Gasteiger partial charge in [-0.3, -0.25) is 4.68 Å². The van der Waals surface area contributed by atoms with Crippen LogP contribution < -0.4 is 0 Å². The van der Waals surface area contributed by atoms with E-state index in [4.69, 9.17) is 16.7 Å². The molecular weight excluding hydrogens is 260 g/mol. The first-order valence-corrected chi connectivity index (χ1v) is 5.27. The lowest BCUT2D eigenvalue weighted by molar-refractivity contribution is 0.0689. The molecule has 0 bridgehead atoms. The predicted octanol–water partition coefficient (Wildman–Crippen LogP) is 1.85. The zero-order valence-electron chi connectivity index (χ0n) is 9.25. The molecule has 2 aromatic rings. The Hall–Kier alpha value is -2.21. The molecule has 6 nitrogen and oxygen atoms in total. The molecule has 0 amide bonds. The molecule has 0 unspecified atom stereocenters. The quantitative estimate of drug-likeness (QED) is 0.723. The number of phenols is 2. The van der Waals surface area contributed by atoms with E-state index in [1.54, 1.807) is 0 Å². The van der Waals surface area contributed by atoms with Crippen molar-refractivity contribution in [3.8, 4) is 22.8 Å². The van der Waals surface area contributed by atoms with Crippen LogP contribution in [0, 0.1) is 0 Å². The number of hydrogen-bond acceptors (Lipinski definition) is 4. The highest BCUT2D eigenvalue weighted by molar-refractivity contribution is 6.33. The zero-order valence-corrected chi connectivity index (χ0v) is 10.0. The third kappa shape index (κ3) is 1.86. The highest BCUT2D eigenvalue weighted by Crippen LogP contribution is 2.41. The molecule has 0 aliphatic rings. The highest BCUT2D eigenvalue weighted by atomic mass is 35.5. The van der Waals surface area contributed by atoms with Crippen molar-refractivity contribution in [1.29, 1.82) is 0 Å². The maximum absolute atomic E-state index is 10.8. The topological polar surface area (TPSA) is 95.6 Å². The van der Waals surface area contributed by atoms with E-state index in [9.17, 15) is 15.0 Å². The van der Waals surface area contributed by atoms with Crippen LogP contribution in [0.2, 0.25) is 5.02 Å². The van der Waals surface area contributed by atoms with Gasteiger partial charge in [0.05, 0.1) is 16.3 Å². The fourth-order valence-electron chi connectivity index (χ4n) is 1.60. The molecule has 0 aliphatic carbocycles. The van der Waals surface area contributed by atoms with Crippen LogP contribution in [0.25, 0.3) is 11.3 Å². The Labute approximate surface area is 107 Å². The first kappa shape index (κ1) is 12.3. The normalized spacial score (nSPS) is 10.6. The summed E-state index contributed by atoms with van der Waals surface area (Å²) < 4.78 is 1.27. The van der Waals surface area contributed by atoms with Crippen molar-refractivity contribution in [3.05, 3.63) is 28.9 Å². The summed E-state index contributed by atoms with van der Waals surface area (Å²) in [6.45, 7) is 0. The Morgan fingerprint density at radius 3 is 2.61 bits per heavy atom. The van der Waals surface area contributed by atoms with Crippen molar-refractivity contribution >= 4 is 17.6 Å². The summed E-state index contributed by atoms with van der Waals surface area (Å²) in [5, 5.41) is 32.0. The maximum atomic E-state index is 10.8. The van der Waals surface area contributed by atoms with Crippen molar-refractivity contribution < 1.29 is 20.1 Å².